The van der Waals surface area contributed by atoms with Gasteiger partial charge in [-0.2, -0.15) is 0 Å². The molecule has 0 bridgehead atoms. The minimum absolute atomic E-state index is 0.104. The highest BCUT2D eigenvalue weighted by atomic mass is 16.3. The first-order valence-corrected chi connectivity index (χ1v) is 7.38. The van der Waals surface area contributed by atoms with Gasteiger partial charge in [-0.05, 0) is 31.4 Å². The van der Waals surface area contributed by atoms with E-state index in [4.69, 9.17) is 0 Å². The number of aliphatic hydroxyl groups excluding tert-OH is 1. The lowest BCUT2D eigenvalue weighted by Crippen LogP contribution is -2.41. The molecule has 3 heteroatoms. The van der Waals surface area contributed by atoms with Gasteiger partial charge in [0.1, 0.15) is 0 Å². The van der Waals surface area contributed by atoms with Gasteiger partial charge in [-0.15, -0.1) is 0 Å². The molecule has 1 aliphatic rings. The smallest absolute Gasteiger partial charge is 0.244 e. The zero-order valence-electron chi connectivity index (χ0n) is 12.0. The zero-order valence-corrected chi connectivity index (χ0v) is 12.0. The quantitative estimate of drug-likeness (QED) is 0.657. The Kier molecular flexibility index (Phi) is 5.36. The minimum atomic E-state index is -0.408. The van der Waals surface area contributed by atoms with Crippen molar-refractivity contribution in [3.8, 4) is 0 Å². The van der Waals surface area contributed by atoms with Crippen LogP contribution < -0.4 is 5.32 Å². The summed E-state index contributed by atoms with van der Waals surface area (Å²) in [6, 6.07) is 7.91. The van der Waals surface area contributed by atoms with Crippen LogP contribution in [-0.4, -0.2) is 23.2 Å². The highest BCUT2D eigenvalue weighted by Crippen LogP contribution is 2.18. The van der Waals surface area contributed by atoms with E-state index in [1.54, 1.807) is 12.2 Å². The van der Waals surface area contributed by atoms with Crippen molar-refractivity contribution in [3.05, 3.63) is 41.5 Å². The Balaban J connectivity index is 1.89. The Labute approximate surface area is 120 Å². The second-order valence-electron chi connectivity index (χ2n) is 5.56. The monoisotopic (exact) mass is 273 g/mol. The average Bonchev–Trinajstić information content (AvgIpc) is 2.64. The van der Waals surface area contributed by atoms with Gasteiger partial charge in [0.05, 0.1) is 12.1 Å². The van der Waals surface area contributed by atoms with Crippen LogP contribution in [0, 0.1) is 6.92 Å². The number of carbonyl (C=O) groups is 1. The van der Waals surface area contributed by atoms with E-state index in [-0.39, 0.29) is 11.9 Å². The number of rotatable bonds is 3. The van der Waals surface area contributed by atoms with Crippen LogP contribution in [0.5, 0.6) is 0 Å². The maximum Gasteiger partial charge on any atom is 0.244 e. The summed E-state index contributed by atoms with van der Waals surface area (Å²) in [5.41, 5.74) is 2.21. The molecule has 0 spiro atoms. The number of aryl methyl sites for hydroxylation is 1. The van der Waals surface area contributed by atoms with Gasteiger partial charge < -0.3 is 10.4 Å². The molecule has 0 saturated heterocycles. The molecule has 0 heterocycles. The molecular weight excluding hydrogens is 250 g/mol. The molecular formula is C17H23NO2. The number of hydrogen-bond acceptors (Lipinski definition) is 2. The van der Waals surface area contributed by atoms with Crippen molar-refractivity contribution in [1.82, 2.24) is 5.32 Å². The summed E-state index contributed by atoms with van der Waals surface area (Å²) in [6.07, 6.45) is 7.85. The van der Waals surface area contributed by atoms with Crippen molar-refractivity contribution in [2.45, 2.75) is 51.2 Å². The average molecular weight is 273 g/mol. The van der Waals surface area contributed by atoms with Crippen LogP contribution in [0.4, 0.5) is 0 Å². The highest BCUT2D eigenvalue weighted by molar-refractivity contribution is 5.91. The molecule has 2 unspecified atom stereocenters. The van der Waals surface area contributed by atoms with E-state index in [1.165, 1.54) is 5.56 Å². The molecule has 2 rings (SSSR count). The topological polar surface area (TPSA) is 49.3 Å². The summed E-state index contributed by atoms with van der Waals surface area (Å²) in [5.74, 6) is -0.128. The van der Waals surface area contributed by atoms with E-state index in [9.17, 15) is 9.90 Å². The Bertz CT molecular complexity index is 464. The van der Waals surface area contributed by atoms with Gasteiger partial charge in [0.25, 0.3) is 0 Å². The molecule has 1 aliphatic carbocycles. The minimum Gasteiger partial charge on any atom is -0.391 e. The first-order chi connectivity index (χ1) is 9.65. The molecule has 2 N–H and O–H groups in total. The molecule has 108 valence electrons. The molecule has 1 fully saturated rings. The Hall–Kier alpha value is -1.61. The lowest BCUT2D eigenvalue weighted by molar-refractivity contribution is -0.118. The van der Waals surface area contributed by atoms with Gasteiger partial charge in [-0.25, -0.2) is 0 Å². The largest absolute Gasteiger partial charge is 0.391 e. The van der Waals surface area contributed by atoms with Crippen molar-refractivity contribution in [3.63, 3.8) is 0 Å². The van der Waals surface area contributed by atoms with Crippen molar-refractivity contribution in [1.29, 1.82) is 0 Å². The molecule has 1 saturated carbocycles. The molecule has 0 radical (unpaired) electrons. The summed E-state index contributed by atoms with van der Waals surface area (Å²) in [5, 5.41) is 12.9. The van der Waals surface area contributed by atoms with Gasteiger partial charge in [0.15, 0.2) is 0 Å². The number of benzene rings is 1. The molecule has 0 aromatic heterocycles. The van der Waals surface area contributed by atoms with Crippen LogP contribution in [0.15, 0.2) is 30.3 Å². The van der Waals surface area contributed by atoms with Crippen LogP contribution in [0.25, 0.3) is 6.08 Å². The Morgan fingerprint density at radius 1 is 1.20 bits per heavy atom. The van der Waals surface area contributed by atoms with Crippen molar-refractivity contribution >= 4 is 12.0 Å². The maximum absolute atomic E-state index is 11.9. The van der Waals surface area contributed by atoms with Gasteiger partial charge in [-0.3, -0.25) is 4.79 Å². The second kappa shape index (κ2) is 7.25. The van der Waals surface area contributed by atoms with Gasteiger partial charge in [-0.1, -0.05) is 49.1 Å². The van der Waals surface area contributed by atoms with Gasteiger partial charge in [0.2, 0.25) is 5.91 Å². The lowest BCUT2D eigenvalue weighted by Gasteiger charge is -2.20. The lowest BCUT2D eigenvalue weighted by atomic mass is 10.1. The Morgan fingerprint density at radius 2 is 1.90 bits per heavy atom. The summed E-state index contributed by atoms with van der Waals surface area (Å²) in [7, 11) is 0. The molecule has 0 aliphatic heterocycles. The van der Waals surface area contributed by atoms with Crippen molar-refractivity contribution < 1.29 is 9.90 Å². The van der Waals surface area contributed by atoms with E-state index >= 15 is 0 Å². The number of nitrogens with one attached hydrogen (secondary N) is 1. The molecule has 1 aromatic carbocycles. The second-order valence-corrected chi connectivity index (χ2v) is 5.56. The number of carbonyl (C=O) groups excluding carboxylic acids is 1. The van der Waals surface area contributed by atoms with E-state index in [1.807, 2.05) is 31.2 Å². The molecule has 20 heavy (non-hydrogen) atoms. The van der Waals surface area contributed by atoms with E-state index in [0.29, 0.717) is 0 Å². The van der Waals surface area contributed by atoms with Gasteiger partial charge in [0, 0.05) is 6.08 Å². The third-order valence-corrected chi connectivity index (χ3v) is 3.81. The van der Waals surface area contributed by atoms with Crippen molar-refractivity contribution in [2.24, 2.45) is 0 Å². The molecule has 3 nitrogen and oxygen atoms in total. The van der Waals surface area contributed by atoms with E-state index in [0.717, 1.165) is 37.7 Å². The SMILES string of the molecule is Cc1ccc(/C=C/C(=O)NC2CCCCCC2O)cc1. The zero-order chi connectivity index (χ0) is 14.4. The van der Waals surface area contributed by atoms with Crippen molar-refractivity contribution in [2.75, 3.05) is 0 Å². The van der Waals surface area contributed by atoms with E-state index in [2.05, 4.69) is 5.32 Å². The fourth-order valence-electron chi connectivity index (χ4n) is 2.54. The predicted molar refractivity (Wildman–Crippen MR) is 81.2 cm³/mol. The third kappa shape index (κ3) is 4.49. The number of aliphatic hydroxyl groups is 1. The summed E-state index contributed by atoms with van der Waals surface area (Å²) >= 11 is 0. The predicted octanol–water partition coefficient (Wildman–Crippen LogP) is 2.82. The number of amides is 1. The first-order valence-electron chi connectivity index (χ1n) is 7.38. The van der Waals surface area contributed by atoms with Gasteiger partial charge >= 0.3 is 0 Å². The summed E-state index contributed by atoms with van der Waals surface area (Å²) in [4.78, 5) is 11.9. The first kappa shape index (κ1) is 14.8. The van der Waals surface area contributed by atoms with E-state index < -0.39 is 6.10 Å². The number of hydrogen-bond donors (Lipinski definition) is 2. The fraction of sp³-hybridized carbons (Fsp3) is 0.471. The van der Waals surface area contributed by atoms with Crippen LogP contribution in [0.1, 0.15) is 43.2 Å². The standard InChI is InChI=1S/C17H23NO2/c1-13-7-9-14(10-8-13)11-12-17(20)18-15-5-3-2-4-6-16(15)19/h7-12,15-16,19H,2-6H2,1H3,(H,18,20)/b12-11+. The summed E-state index contributed by atoms with van der Waals surface area (Å²) < 4.78 is 0. The van der Waals surface area contributed by atoms with Crippen LogP contribution in [0.2, 0.25) is 0 Å². The maximum atomic E-state index is 11.9. The van der Waals surface area contributed by atoms with Crippen LogP contribution >= 0.6 is 0 Å². The highest BCUT2D eigenvalue weighted by Gasteiger charge is 2.22. The summed E-state index contributed by atoms with van der Waals surface area (Å²) in [6.45, 7) is 2.04. The third-order valence-electron chi connectivity index (χ3n) is 3.81. The fourth-order valence-corrected chi connectivity index (χ4v) is 2.54. The normalized spacial score (nSPS) is 23.5. The molecule has 1 amide bonds. The Morgan fingerprint density at radius 3 is 2.65 bits per heavy atom. The van der Waals surface area contributed by atoms with Crippen LogP contribution in [-0.2, 0) is 4.79 Å². The van der Waals surface area contributed by atoms with Crippen LogP contribution in [0.3, 0.4) is 0 Å². The molecule has 2 atom stereocenters. The molecule has 1 aromatic rings.